The van der Waals surface area contributed by atoms with Crippen LogP contribution >= 0.6 is 11.6 Å². The number of halogens is 1. The first-order valence-electron chi connectivity index (χ1n) is 4.25. The Bertz CT molecular complexity index is 434. The molecule has 1 unspecified atom stereocenters. The van der Waals surface area contributed by atoms with Crippen molar-refractivity contribution in [3.8, 4) is 0 Å². The van der Waals surface area contributed by atoms with Crippen molar-refractivity contribution in [2.24, 2.45) is 0 Å². The molecule has 2 N–H and O–H groups in total. The van der Waals surface area contributed by atoms with Crippen molar-refractivity contribution < 1.29 is 19.9 Å². The molecule has 0 fully saturated rings. The van der Waals surface area contributed by atoms with E-state index in [-0.39, 0.29) is 16.3 Å². The first kappa shape index (κ1) is 12.4. The summed E-state index contributed by atoms with van der Waals surface area (Å²) in [5.41, 5.74) is -0.0501. The van der Waals surface area contributed by atoms with E-state index in [2.05, 4.69) is 0 Å². The van der Waals surface area contributed by atoms with E-state index in [1.54, 1.807) is 0 Å². The van der Waals surface area contributed by atoms with Gasteiger partial charge in [0.25, 0.3) is 5.69 Å². The minimum absolute atomic E-state index is 0.132. The second kappa shape index (κ2) is 4.91. The normalized spacial score (nSPS) is 12.1. The second-order valence-electron chi connectivity index (χ2n) is 3.08. The molecule has 0 radical (unpaired) electrons. The monoisotopic (exact) mass is 245 g/mol. The number of carboxylic acids is 1. The van der Waals surface area contributed by atoms with E-state index in [4.69, 9.17) is 16.7 Å². The Morgan fingerprint density at radius 1 is 1.56 bits per heavy atom. The standard InChI is InChI=1S/C9H8ClNO5/c10-6-3-5(8(12)4-9(13)14)1-2-7(6)11(15)16/h1-3,8,12H,4H2,(H,13,14). The number of nitro benzene ring substituents is 1. The Morgan fingerprint density at radius 2 is 2.19 bits per heavy atom. The van der Waals surface area contributed by atoms with Crippen LogP contribution in [-0.2, 0) is 4.79 Å². The average molecular weight is 246 g/mol. The molecule has 0 bridgehead atoms. The molecule has 0 aromatic heterocycles. The van der Waals surface area contributed by atoms with Crippen LogP contribution in [0.1, 0.15) is 18.1 Å². The summed E-state index contributed by atoms with van der Waals surface area (Å²) in [6, 6.07) is 3.59. The molecule has 6 nitrogen and oxygen atoms in total. The van der Waals surface area contributed by atoms with Crippen molar-refractivity contribution in [3.63, 3.8) is 0 Å². The van der Waals surface area contributed by atoms with Crippen molar-refractivity contribution in [3.05, 3.63) is 38.9 Å². The highest BCUT2D eigenvalue weighted by molar-refractivity contribution is 6.32. The Morgan fingerprint density at radius 3 is 2.62 bits per heavy atom. The summed E-state index contributed by atoms with van der Waals surface area (Å²) in [6.45, 7) is 0. The zero-order valence-electron chi connectivity index (χ0n) is 7.96. The van der Waals surface area contributed by atoms with E-state index >= 15 is 0 Å². The largest absolute Gasteiger partial charge is 0.481 e. The number of nitrogens with zero attached hydrogens (tertiary/aromatic N) is 1. The van der Waals surface area contributed by atoms with Gasteiger partial charge in [-0.15, -0.1) is 0 Å². The van der Waals surface area contributed by atoms with Gasteiger partial charge < -0.3 is 10.2 Å². The molecule has 7 heteroatoms. The number of hydrogen-bond donors (Lipinski definition) is 2. The van der Waals surface area contributed by atoms with Crippen LogP contribution in [0.2, 0.25) is 5.02 Å². The summed E-state index contributed by atoms with van der Waals surface area (Å²) in [5.74, 6) is -1.16. The molecule has 0 heterocycles. The smallest absolute Gasteiger partial charge is 0.306 e. The number of hydrogen-bond acceptors (Lipinski definition) is 4. The third-order valence-corrected chi connectivity index (χ3v) is 2.22. The van der Waals surface area contributed by atoms with Crippen molar-refractivity contribution in [1.82, 2.24) is 0 Å². The van der Waals surface area contributed by atoms with Crippen LogP contribution in [0.15, 0.2) is 18.2 Å². The lowest BCUT2D eigenvalue weighted by Gasteiger charge is -2.08. The summed E-state index contributed by atoms with van der Waals surface area (Å²) >= 11 is 5.60. The Labute approximate surface area is 95.2 Å². The first-order chi connectivity index (χ1) is 7.41. The molecule has 1 aromatic rings. The van der Waals surface area contributed by atoms with Gasteiger partial charge in [-0.3, -0.25) is 14.9 Å². The molecule has 16 heavy (non-hydrogen) atoms. The van der Waals surface area contributed by atoms with Crippen LogP contribution in [0, 0.1) is 10.1 Å². The van der Waals surface area contributed by atoms with E-state index < -0.39 is 23.4 Å². The van der Waals surface area contributed by atoms with Gasteiger partial charge in [-0.2, -0.15) is 0 Å². The number of aliphatic hydroxyl groups is 1. The van der Waals surface area contributed by atoms with Gasteiger partial charge >= 0.3 is 5.97 Å². The maximum atomic E-state index is 10.4. The van der Waals surface area contributed by atoms with E-state index in [1.165, 1.54) is 12.1 Å². The number of aliphatic carboxylic acids is 1. The molecule has 86 valence electrons. The van der Waals surface area contributed by atoms with Gasteiger partial charge in [0.15, 0.2) is 0 Å². The van der Waals surface area contributed by atoms with Crippen LogP contribution in [-0.4, -0.2) is 21.1 Å². The molecule has 0 saturated carbocycles. The molecule has 0 saturated heterocycles. The van der Waals surface area contributed by atoms with Crippen molar-refractivity contribution in [2.45, 2.75) is 12.5 Å². The van der Waals surface area contributed by atoms with E-state index in [0.29, 0.717) is 0 Å². The summed E-state index contributed by atoms with van der Waals surface area (Å²) in [4.78, 5) is 20.1. The zero-order valence-corrected chi connectivity index (χ0v) is 8.72. The number of rotatable bonds is 4. The molecule has 1 atom stereocenters. The lowest BCUT2D eigenvalue weighted by atomic mass is 10.1. The van der Waals surface area contributed by atoms with Gasteiger partial charge in [0, 0.05) is 6.07 Å². The summed E-state index contributed by atoms with van der Waals surface area (Å²) < 4.78 is 0. The zero-order chi connectivity index (χ0) is 12.3. The molecule has 1 aromatic carbocycles. The van der Waals surface area contributed by atoms with Crippen molar-refractivity contribution in [1.29, 1.82) is 0 Å². The van der Waals surface area contributed by atoms with Crippen molar-refractivity contribution >= 4 is 23.3 Å². The van der Waals surface area contributed by atoms with Crippen LogP contribution in [0.5, 0.6) is 0 Å². The lowest BCUT2D eigenvalue weighted by molar-refractivity contribution is -0.384. The molecule has 0 aliphatic rings. The highest BCUT2D eigenvalue weighted by Crippen LogP contribution is 2.28. The fourth-order valence-corrected chi connectivity index (χ4v) is 1.42. The van der Waals surface area contributed by atoms with Gasteiger partial charge in [-0.1, -0.05) is 11.6 Å². The van der Waals surface area contributed by atoms with Gasteiger partial charge in [-0.25, -0.2) is 0 Å². The summed E-state index contributed by atoms with van der Waals surface area (Å²) in [6.07, 6.45) is -1.70. The maximum absolute atomic E-state index is 10.4. The third-order valence-electron chi connectivity index (χ3n) is 1.92. The van der Waals surface area contributed by atoms with Gasteiger partial charge in [0.1, 0.15) is 5.02 Å². The second-order valence-corrected chi connectivity index (χ2v) is 3.49. The van der Waals surface area contributed by atoms with E-state index in [0.717, 1.165) is 6.07 Å². The van der Waals surface area contributed by atoms with Crippen LogP contribution in [0.4, 0.5) is 5.69 Å². The molecule has 0 aliphatic carbocycles. The highest BCUT2D eigenvalue weighted by Gasteiger charge is 2.17. The number of nitro groups is 1. The van der Waals surface area contributed by atoms with E-state index in [9.17, 15) is 20.0 Å². The Kier molecular flexibility index (Phi) is 3.81. The quantitative estimate of drug-likeness (QED) is 0.622. The molecular weight excluding hydrogens is 238 g/mol. The van der Waals surface area contributed by atoms with Crippen LogP contribution in [0.3, 0.4) is 0 Å². The highest BCUT2D eigenvalue weighted by atomic mass is 35.5. The summed E-state index contributed by atoms with van der Waals surface area (Å²) in [5, 5.41) is 28.2. The summed E-state index contributed by atoms with van der Waals surface area (Å²) in [7, 11) is 0. The minimum atomic E-state index is -1.23. The van der Waals surface area contributed by atoms with Crippen molar-refractivity contribution in [2.75, 3.05) is 0 Å². The number of benzene rings is 1. The lowest BCUT2D eigenvalue weighted by Crippen LogP contribution is -2.05. The number of aliphatic hydroxyl groups excluding tert-OH is 1. The van der Waals surface area contributed by atoms with Crippen LogP contribution in [0.25, 0.3) is 0 Å². The number of carbonyl (C=O) groups is 1. The predicted octanol–water partition coefficient (Wildman–Crippen LogP) is 1.76. The Balaban J connectivity index is 2.96. The van der Waals surface area contributed by atoms with Crippen LogP contribution < -0.4 is 0 Å². The topological polar surface area (TPSA) is 101 Å². The SMILES string of the molecule is O=C(O)CC(O)c1ccc([N+](=O)[O-])c(Cl)c1. The molecular formula is C9H8ClNO5. The van der Waals surface area contributed by atoms with Gasteiger partial charge in [-0.05, 0) is 17.7 Å². The van der Waals surface area contributed by atoms with E-state index in [1.807, 2.05) is 0 Å². The molecule has 0 amide bonds. The van der Waals surface area contributed by atoms with Gasteiger partial charge in [0.05, 0.1) is 17.4 Å². The minimum Gasteiger partial charge on any atom is -0.481 e. The molecule has 1 rings (SSSR count). The molecule has 0 aliphatic heterocycles. The number of carboxylic acid groups (broad SMARTS) is 1. The maximum Gasteiger partial charge on any atom is 0.306 e. The first-order valence-corrected chi connectivity index (χ1v) is 4.63. The fraction of sp³-hybridized carbons (Fsp3) is 0.222. The Hall–Kier alpha value is -1.66. The average Bonchev–Trinajstić information content (AvgIpc) is 2.15. The van der Waals surface area contributed by atoms with Gasteiger partial charge in [0.2, 0.25) is 0 Å². The molecule has 0 spiro atoms. The third kappa shape index (κ3) is 2.91. The fourth-order valence-electron chi connectivity index (χ4n) is 1.16. The predicted molar refractivity (Wildman–Crippen MR) is 55.3 cm³/mol.